The number of hydrogen-bond donors (Lipinski definition) is 0. The summed E-state index contributed by atoms with van der Waals surface area (Å²) in [6.07, 6.45) is 8.90. The van der Waals surface area contributed by atoms with Gasteiger partial charge >= 0.3 is 6.01 Å². The quantitative estimate of drug-likeness (QED) is 0.700. The van der Waals surface area contributed by atoms with Crippen LogP contribution in [0.3, 0.4) is 0 Å². The maximum absolute atomic E-state index is 6.05. The second-order valence-electron chi connectivity index (χ2n) is 7.80. The Morgan fingerprint density at radius 3 is 3.11 bits per heavy atom. The second kappa shape index (κ2) is 6.14. The summed E-state index contributed by atoms with van der Waals surface area (Å²) < 4.78 is 7.85. The van der Waals surface area contributed by atoms with Gasteiger partial charge in [-0.3, -0.25) is 4.68 Å². The Bertz CT molecular complexity index is 987. The first kappa shape index (κ1) is 16.4. The van der Waals surface area contributed by atoms with E-state index in [1.54, 1.807) is 17.2 Å². The van der Waals surface area contributed by atoms with Crippen molar-refractivity contribution in [3.8, 4) is 6.01 Å². The van der Waals surface area contributed by atoms with Crippen molar-refractivity contribution in [3.63, 3.8) is 0 Å². The predicted molar refractivity (Wildman–Crippen MR) is 101 cm³/mol. The summed E-state index contributed by atoms with van der Waals surface area (Å²) in [5, 5.41) is 5.36. The zero-order valence-corrected chi connectivity index (χ0v) is 15.7. The van der Waals surface area contributed by atoms with Gasteiger partial charge in [-0.2, -0.15) is 5.10 Å². The fourth-order valence-electron chi connectivity index (χ4n) is 4.72. The number of hydrogen-bond acceptors (Lipinski definition) is 7. The molecule has 0 spiro atoms. The van der Waals surface area contributed by atoms with Crippen LogP contribution in [0.1, 0.15) is 25.0 Å². The predicted octanol–water partition coefficient (Wildman–Crippen LogP) is 2.15. The average molecular weight is 365 g/mol. The zero-order valence-electron chi connectivity index (χ0n) is 15.7. The van der Waals surface area contributed by atoms with E-state index in [1.165, 1.54) is 19.3 Å². The van der Waals surface area contributed by atoms with Gasteiger partial charge < -0.3 is 9.64 Å². The number of ether oxygens (including phenoxy) is 1. The van der Waals surface area contributed by atoms with Crippen molar-refractivity contribution in [2.45, 2.75) is 26.2 Å². The molecule has 140 valence electrons. The van der Waals surface area contributed by atoms with Gasteiger partial charge in [-0.15, -0.1) is 0 Å². The molecule has 1 aliphatic carbocycles. The molecule has 3 aromatic heterocycles. The van der Waals surface area contributed by atoms with Gasteiger partial charge in [-0.25, -0.2) is 19.9 Å². The lowest BCUT2D eigenvalue weighted by Gasteiger charge is -2.28. The summed E-state index contributed by atoms with van der Waals surface area (Å²) >= 11 is 0. The van der Waals surface area contributed by atoms with Crippen LogP contribution in [0, 0.1) is 18.3 Å². The van der Waals surface area contributed by atoms with Crippen LogP contribution in [0.25, 0.3) is 11.0 Å². The van der Waals surface area contributed by atoms with Crippen molar-refractivity contribution in [2.24, 2.45) is 18.4 Å². The molecule has 0 amide bonds. The lowest BCUT2D eigenvalue weighted by Crippen LogP contribution is -2.34. The molecule has 0 bridgehead atoms. The molecule has 2 aliphatic rings. The molecule has 4 heterocycles. The van der Waals surface area contributed by atoms with Crippen molar-refractivity contribution in [3.05, 3.63) is 30.5 Å². The van der Waals surface area contributed by atoms with E-state index < -0.39 is 0 Å². The van der Waals surface area contributed by atoms with E-state index in [1.807, 2.05) is 26.2 Å². The van der Waals surface area contributed by atoms with Gasteiger partial charge in [0.25, 0.3) is 0 Å². The second-order valence-corrected chi connectivity index (χ2v) is 7.80. The highest BCUT2D eigenvalue weighted by atomic mass is 16.5. The van der Waals surface area contributed by atoms with Crippen molar-refractivity contribution in [2.75, 3.05) is 24.6 Å². The van der Waals surface area contributed by atoms with Gasteiger partial charge in [0.15, 0.2) is 5.65 Å². The van der Waals surface area contributed by atoms with Gasteiger partial charge in [-0.05, 0) is 31.7 Å². The van der Waals surface area contributed by atoms with Crippen molar-refractivity contribution < 1.29 is 4.74 Å². The maximum Gasteiger partial charge on any atom is 0.316 e. The standard InChI is InChI=1S/C19H23N7O/c1-13-5-7-20-18(24-13)27-11-19-6-3-4-14(19)9-26(10-19)17-15-8-23-25(2)16(15)21-12-22-17/h5,7-8,12,14H,3-4,6,9-11H2,1-2H3. The monoisotopic (exact) mass is 365 g/mol. The maximum atomic E-state index is 6.05. The highest BCUT2D eigenvalue weighted by Crippen LogP contribution is 2.50. The van der Waals surface area contributed by atoms with Crippen LogP contribution in [0.15, 0.2) is 24.8 Å². The molecule has 8 nitrogen and oxygen atoms in total. The van der Waals surface area contributed by atoms with E-state index in [0.717, 1.165) is 35.6 Å². The van der Waals surface area contributed by atoms with Crippen LogP contribution in [-0.2, 0) is 7.05 Å². The molecule has 2 fully saturated rings. The SMILES string of the molecule is Cc1ccnc(OCC23CCCC2CN(c2ncnc4c2cnn4C)C3)n1. The fourth-order valence-corrected chi connectivity index (χ4v) is 4.72. The number of fused-ring (bicyclic) bond motifs is 2. The molecule has 5 rings (SSSR count). The lowest BCUT2D eigenvalue weighted by molar-refractivity contribution is 0.130. The highest BCUT2D eigenvalue weighted by molar-refractivity contribution is 5.86. The normalized spacial score (nSPS) is 24.5. The molecular weight excluding hydrogens is 342 g/mol. The molecule has 8 heteroatoms. The third-order valence-electron chi connectivity index (χ3n) is 6.11. The van der Waals surface area contributed by atoms with E-state index >= 15 is 0 Å². The van der Waals surface area contributed by atoms with Crippen LogP contribution >= 0.6 is 0 Å². The van der Waals surface area contributed by atoms with Gasteiger partial charge in [0.1, 0.15) is 12.1 Å². The third kappa shape index (κ3) is 2.70. The summed E-state index contributed by atoms with van der Waals surface area (Å²) in [5.41, 5.74) is 1.93. The Labute approximate surface area is 157 Å². The molecule has 1 saturated carbocycles. The average Bonchev–Trinajstić information content (AvgIpc) is 3.33. The first-order valence-corrected chi connectivity index (χ1v) is 9.45. The molecular formula is C19H23N7O. The minimum Gasteiger partial charge on any atom is -0.463 e. The van der Waals surface area contributed by atoms with E-state index in [-0.39, 0.29) is 5.41 Å². The number of anilines is 1. The Balaban J connectivity index is 1.40. The minimum atomic E-state index is 0.132. The summed E-state index contributed by atoms with van der Waals surface area (Å²) in [7, 11) is 1.91. The summed E-state index contributed by atoms with van der Waals surface area (Å²) in [6.45, 7) is 4.54. The van der Waals surface area contributed by atoms with Crippen molar-refractivity contribution in [1.29, 1.82) is 0 Å². The van der Waals surface area contributed by atoms with E-state index in [9.17, 15) is 0 Å². The van der Waals surface area contributed by atoms with E-state index in [0.29, 0.717) is 18.5 Å². The summed E-state index contributed by atoms with van der Waals surface area (Å²) in [5.74, 6) is 1.58. The third-order valence-corrected chi connectivity index (χ3v) is 6.11. The summed E-state index contributed by atoms with van der Waals surface area (Å²) in [6, 6.07) is 2.36. The summed E-state index contributed by atoms with van der Waals surface area (Å²) in [4.78, 5) is 20.0. The van der Waals surface area contributed by atoms with E-state index in [4.69, 9.17) is 4.74 Å². The van der Waals surface area contributed by atoms with Crippen LogP contribution in [0.2, 0.25) is 0 Å². The van der Waals surface area contributed by atoms with Gasteiger partial charge in [0.05, 0.1) is 18.2 Å². The van der Waals surface area contributed by atoms with Crippen molar-refractivity contribution in [1.82, 2.24) is 29.7 Å². The first-order chi connectivity index (χ1) is 13.1. The number of aryl methyl sites for hydroxylation is 2. The highest BCUT2D eigenvalue weighted by Gasteiger charge is 2.50. The molecule has 0 radical (unpaired) electrons. The number of aromatic nitrogens is 6. The van der Waals surface area contributed by atoms with Gasteiger partial charge in [0, 0.05) is 37.4 Å². The smallest absolute Gasteiger partial charge is 0.316 e. The topological polar surface area (TPSA) is 81.9 Å². The lowest BCUT2D eigenvalue weighted by atomic mass is 9.82. The molecule has 2 atom stereocenters. The Morgan fingerprint density at radius 2 is 2.22 bits per heavy atom. The molecule has 3 aromatic rings. The van der Waals surface area contributed by atoms with Crippen LogP contribution in [-0.4, -0.2) is 49.4 Å². The minimum absolute atomic E-state index is 0.132. The van der Waals surface area contributed by atoms with Crippen LogP contribution < -0.4 is 9.64 Å². The molecule has 2 unspecified atom stereocenters. The first-order valence-electron chi connectivity index (χ1n) is 9.45. The molecule has 1 saturated heterocycles. The van der Waals surface area contributed by atoms with Crippen LogP contribution in [0.4, 0.5) is 5.82 Å². The van der Waals surface area contributed by atoms with Gasteiger partial charge in [0.2, 0.25) is 0 Å². The Morgan fingerprint density at radius 1 is 1.30 bits per heavy atom. The fraction of sp³-hybridized carbons (Fsp3) is 0.526. The molecule has 0 N–H and O–H groups in total. The largest absolute Gasteiger partial charge is 0.463 e. The molecule has 27 heavy (non-hydrogen) atoms. The molecule has 1 aliphatic heterocycles. The zero-order chi connectivity index (χ0) is 18.4. The number of nitrogens with zero attached hydrogens (tertiary/aromatic N) is 7. The van der Waals surface area contributed by atoms with Crippen LogP contribution in [0.5, 0.6) is 6.01 Å². The Hall–Kier alpha value is -2.77. The van der Waals surface area contributed by atoms with E-state index in [2.05, 4.69) is 29.9 Å². The Kier molecular flexibility index (Phi) is 3.73. The molecule has 0 aromatic carbocycles. The number of rotatable bonds is 4. The van der Waals surface area contributed by atoms with Crippen molar-refractivity contribution >= 4 is 16.9 Å². The van der Waals surface area contributed by atoms with Gasteiger partial charge in [-0.1, -0.05) is 6.42 Å².